The van der Waals surface area contributed by atoms with Crippen molar-refractivity contribution in [2.45, 2.75) is 12.8 Å². The maximum Gasteiger partial charge on any atom is 0.145 e. The van der Waals surface area contributed by atoms with E-state index in [9.17, 15) is 0 Å². The summed E-state index contributed by atoms with van der Waals surface area (Å²) >= 11 is 0. The summed E-state index contributed by atoms with van der Waals surface area (Å²) < 4.78 is 2.22. The van der Waals surface area contributed by atoms with Gasteiger partial charge in [-0.15, -0.1) is 0 Å². The van der Waals surface area contributed by atoms with Gasteiger partial charge in [0.15, 0.2) is 0 Å². The third kappa shape index (κ3) is 1.91. The minimum atomic E-state index is 1.01. The van der Waals surface area contributed by atoms with Gasteiger partial charge in [0.05, 0.1) is 5.52 Å². The first-order valence-corrected chi connectivity index (χ1v) is 10.9. The van der Waals surface area contributed by atoms with Crippen LogP contribution >= 0.6 is 0 Å². The van der Waals surface area contributed by atoms with Crippen LogP contribution < -0.4 is 0 Å². The van der Waals surface area contributed by atoms with Gasteiger partial charge in [-0.05, 0) is 80.9 Å². The van der Waals surface area contributed by atoms with Gasteiger partial charge in [-0.3, -0.25) is 4.40 Å². The van der Waals surface area contributed by atoms with Crippen molar-refractivity contribution in [1.82, 2.24) is 9.38 Å². The highest BCUT2D eigenvalue weighted by molar-refractivity contribution is 6.13. The Morgan fingerprint density at radius 3 is 2.32 bits per heavy atom. The molecule has 2 aliphatic carbocycles. The molecular weight excluding hydrogens is 376 g/mol. The van der Waals surface area contributed by atoms with Crippen LogP contribution in [0.15, 0.2) is 85.2 Å². The molecule has 0 saturated carbocycles. The predicted octanol–water partition coefficient (Wildman–Crippen LogP) is 6.78. The van der Waals surface area contributed by atoms with Crippen molar-refractivity contribution in [3.8, 4) is 22.3 Å². The molecule has 0 saturated heterocycles. The normalized spacial score (nSPS) is 13.5. The Bertz CT molecular complexity index is 1740. The minimum absolute atomic E-state index is 1.01. The van der Waals surface area contributed by atoms with Gasteiger partial charge in [-0.25, -0.2) is 4.98 Å². The molecule has 2 aromatic heterocycles. The lowest BCUT2D eigenvalue weighted by Gasteiger charge is -2.11. The molecule has 0 spiro atoms. The van der Waals surface area contributed by atoms with Crippen molar-refractivity contribution in [1.29, 1.82) is 0 Å². The first kappa shape index (κ1) is 15.9. The van der Waals surface area contributed by atoms with E-state index in [2.05, 4.69) is 83.4 Å². The molecular formula is C29H18N2. The predicted molar refractivity (Wildman–Crippen MR) is 127 cm³/mol. The molecule has 2 nitrogen and oxygen atoms in total. The average Bonchev–Trinajstić information content (AvgIpc) is 3.53. The molecule has 0 radical (unpaired) electrons. The van der Waals surface area contributed by atoms with Gasteiger partial charge >= 0.3 is 0 Å². The molecule has 0 aliphatic heterocycles. The van der Waals surface area contributed by atoms with Crippen LogP contribution in [0, 0.1) is 0 Å². The molecule has 0 bridgehead atoms. The van der Waals surface area contributed by atoms with Crippen LogP contribution in [0.2, 0.25) is 0 Å². The quantitative estimate of drug-likeness (QED) is 0.259. The molecule has 0 N–H and O–H groups in total. The van der Waals surface area contributed by atoms with Crippen molar-refractivity contribution in [3.05, 3.63) is 107 Å². The van der Waals surface area contributed by atoms with E-state index in [4.69, 9.17) is 4.98 Å². The smallest absolute Gasteiger partial charge is 0.145 e. The molecule has 2 heteroatoms. The number of imidazole rings is 1. The third-order valence-electron chi connectivity index (χ3n) is 7.34. The monoisotopic (exact) mass is 394 g/mol. The number of fused-ring (bicyclic) bond motifs is 13. The second kappa shape index (κ2) is 5.41. The first-order chi connectivity index (χ1) is 15.4. The third-order valence-corrected chi connectivity index (χ3v) is 7.34. The zero-order valence-electron chi connectivity index (χ0n) is 16.9. The van der Waals surface area contributed by atoms with Crippen LogP contribution in [-0.2, 0) is 12.8 Å². The molecule has 0 fully saturated rings. The van der Waals surface area contributed by atoms with Crippen molar-refractivity contribution in [2.24, 2.45) is 0 Å². The lowest BCUT2D eigenvalue weighted by atomic mass is 9.96. The van der Waals surface area contributed by atoms with Crippen molar-refractivity contribution in [2.75, 3.05) is 0 Å². The number of para-hydroxylation sites is 1. The zero-order chi connectivity index (χ0) is 20.1. The summed E-state index contributed by atoms with van der Waals surface area (Å²) in [5, 5.41) is 3.83. The SMILES string of the molecule is c1ccc2c(c1)Cc1c-2ccc2c1Cc1cc3c(cc1-2)c1ccccc1n1ccnc31. The molecule has 4 aromatic carbocycles. The van der Waals surface area contributed by atoms with E-state index in [0.29, 0.717) is 0 Å². The molecule has 31 heavy (non-hydrogen) atoms. The summed E-state index contributed by atoms with van der Waals surface area (Å²) in [6, 6.07) is 27.0. The van der Waals surface area contributed by atoms with Gasteiger partial charge in [0.25, 0.3) is 0 Å². The summed E-state index contributed by atoms with van der Waals surface area (Å²) in [6.07, 6.45) is 6.05. The number of nitrogens with zero attached hydrogens (tertiary/aromatic N) is 2. The van der Waals surface area contributed by atoms with E-state index in [0.717, 1.165) is 18.5 Å². The van der Waals surface area contributed by atoms with E-state index in [1.54, 1.807) is 0 Å². The van der Waals surface area contributed by atoms with Gasteiger partial charge in [0.2, 0.25) is 0 Å². The molecule has 6 aromatic rings. The molecule has 2 aliphatic rings. The van der Waals surface area contributed by atoms with E-state index in [1.807, 2.05) is 6.20 Å². The Hall–Kier alpha value is -3.91. The van der Waals surface area contributed by atoms with Crippen LogP contribution in [0.25, 0.3) is 49.6 Å². The Morgan fingerprint density at radius 2 is 1.39 bits per heavy atom. The topological polar surface area (TPSA) is 17.3 Å². The second-order valence-electron chi connectivity index (χ2n) is 8.82. The second-order valence-corrected chi connectivity index (χ2v) is 8.82. The van der Waals surface area contributed by atoms with Gasteiger partial charge in [0, 0.05) is 23.2 Å². The van der Waals surface area contributed by atoms with E-state index >= 15 is 0 Å². The maximum atomic E-state index is 4.72. The number of hydrogen-bond donors (Lipinski definition) is 0. The van der Waals surface area contributed by atoms with Crippen LogP contribution in [0.1, 0.15) is 22.3 Å². The fourth-order valence-corrected chi connectivity index (χ4v) is 5.98. The molecule has 0 unspecified atom stereocenters. The standard InChI is InChI=1S/C29H18N2/c1-2-6-19-17(5-1)13-24-20(19)9-10-21-23-16-26-22-7-3-4-8-28(22)31-12-11-30-29(31)27(26)15-18(23)14-25(21)24/h1-12,15-16H,13-14H2. The maximum absolute atomic E-state index is 4.72. The number of hydrogen-bond acceptors (Lipinski definition) is 1. The van der Waals surface area contributed by atoms with Gasteiger partial charge < -0.3 is 0 Å². The summed E-state index contributed by atoms with van der Waals surface area (Å²) in [5.41, 5.74) is 13.8. The lowest BCUT2D eigenvalue weighted by molar-refractivity contribution is 1.16. The minimum Gasteiger partial charge on any atom is -0.299 e. The largest absolute Gasteiger partial charge is 0.299 e. The molecule has 0 atom stereocenters. The number of benzene rings is 4. The van der Waals surface area contributed by atoms with Crippen LogP contribution in [-0.4, -0.2) is 9.38 Å². The van der Waals surface area contributed by atoms with Gasteiger partial charge in [0.1, 0.15) is 5.65 Å². The summed E-state index contributed by atoms with van der Waals surface area (Å²) in [5.74, 6) is 0. The molecule has 8 rings (SSSR count). The number of rotatable bonds is 0. The van der Waals surface area contributed by atoms with Crippen LogP contribution in [0.4, 0.5) is 0 Å². The van der Waals surface area contributed by atoms with Crippen molar-refractivity contribution >= 4 is 27.3 Å². The molecule has 0 amide bonds. The fraction of sp³-hybridized carbons (Fsp3) is 0.0690. The fourth-order valence-electron chi connectivity index (χ4n) is 5.98. The highest BCUT2D eigenvalue weighted by Gasteiger charge is 2.28. The van der Waals surface area contributed by atoms with E-state index in [-0.39, 0.29) is 0 Å². The number of aromatic nitrogens is 2. The Balaban J connectivity index is 1.44. The molecule has 2 heterocycles. The van der Waals surface area contributed by atoms with Crippen LogP contribution in [0.3, 0.4) is 0 Å². The Kier molecular flexibility index (Phi) is 2.77. The van der Waals surface area contributed by atoms with E-state index in [1.165, 1.54) is 66.2 Å². The summed E-state index contributed by atoms with van der Waals surface area (Å²) in [7, 11) is 0. The van der Waals surface area contributed by atoms with Crippen LogP contribution in [0.5, 0.6) is 0 Å². The van der Waals surface area contributed by atoms with E-state index < -0.39 is 0 Å². The van der Waals surface area contributed by atoms with Gasteiger partial charge in [-0.2, -0.15) is 0 Å². The van der Waals surface area contributed by atoms with Crippen molar-refractivity contribution < 1.29 is 0 Å². The van der Waals surface area contributed by atoms with Gasteiger partial charge in [-0.1, -0.05) is 54.6 Å². The summed E-state index contributed by atoms with van der Waals surface area (Å²) in [6.45, 7) is 0. The highest BCUT2D eigenvalue weighted by Crippen LogP contribution is 2.47. The lowest BCUT2D eigenvalue weighted by Crippen LogP contribution is -1.92. The summed E-state index contributed by atoms with van der Waals surface area (Å²) in [4.78, 5) is 4.72. The average molecular weight is 394 g/mol. The Labute approximate surface area is 179 Å². The Morgan fingerprint density at radius 1 is 0.613 bits per heavy atom. The van der Waals surface area contributed by atoms with Crippen molar-refractivity contribution in [3.63, 3.8) is 0 Å². The molecule has 144 valence electrons. The zero-order valence-corrected chi connectivity index (χ0v) is 16.9. The highest BCUT2D eigenvalue weighted by atomic mass is 15.0. The number of pyridine rings is 1. The first-order valence-electron chi connectivity index (χ1n) is 10.9.